The first-order valence-electron chi connectivity index (χ1n) is 9.47. The van der Waals surface area contributed by atoms with Crippen LogP contribution in [0.15, 0.2) is 24.3 Å². The number of anilines is 1. The van der Waals surface area contributed by atoms with E-state index in [0.29, 0.717) is 12.1 Å². The first kappa shape index (κ1) is 20.2. The second kappa shape index (κ2) is 9.59. The summed E-state index contributed by atoms with van der Waals surface area (Å²) in [5.41, 5.74) is 6.81. The summed E-state index contributed by atoms with van der Waals surface area (Å²) in [5, 5.41) is 14.0. The van der Waals surface area contributed by atoms with E-state index >= 15 is 0 Å². The Balaban J connectivity index is 1.69. The molecule has 1 atom stereocenters. The highest BCUT2D eigenvalue weighted by Gasteiger charge is 2.20. The molecular formula is C19H26N6O2S. The lowest BCUT2D eigenvalue weighted by molar-refractivity contribution is -0.117. The first-order chi connectivity index (χ1) is 13.6. The lowest BCUT2D eigenvalue weighted by Crippen LogP contribution is -2.46. The summed E-state index contributed by atoms with van der Waals surface area (Å²) in [7, 11) is 0. The average molecular weight is 403 g/mol. The van der Waals surface area contributed by atoms with Crippen molar-refractivity contribution < 1.29 is 9.59 Å². The fraction of sp³-hybridized carbons (Fsp3) is 0.474. The number of benzene rings is 1. The van der Waals surface area contributed by atoms with E-state index in [1.807, 2.05) is 30.5 Å². The van der Waals surface area contributed by atoms with Crippen LogP contribution in [0.25, 0.3) is 11.4 Å². The molecular weight excluding hydrogens is 376 g/mol. The van der Waals surface area contributed by atoms with E-state index in [2.05, 4.69) is 25.4 Å². The van der Waals surface area contributed by atoms with Crippen molar-refractivity contribution in [3.05, 3.63) is 30.1 Å². The number of aryl methyl sites for hydroxylation is 1. The minimum atomic E-state index is -0.705. The Bertz CT molecular complexity index is 820. The number of rotatable bonds is 7. The summed E-state index contributed by atoms with van der Waals surface area (Å²) in [5.74, 6) is 2.37. The Labute approximate surface area is 168 Å². The average Bonchev–Trinajstić information content (AvgIpc) is 2.93. The van der Waals surface area contributed by atoms with Crippen molar-refractivity contribution in [2.24, 2.45) is 5.73 Å². The Morgan fingerprint density at radius 2 is 2.00 bits per heavy atom. The third kappa shape index (κ3) is 5.03. The van der Waals surface area contributed by atoms with Crippen LogP contribution >= 0.6 is 11.8 Å². The Hall–Kier alpha value is -2.55. The van der Waals surface area contributed by atoms with Gasteiger partial charge >= 0.3 is 6.03 Å². The molecule has 2 heterocycles. The summed E-state index contributed by atoms with van der Waals surface area (Å²) in [6.07, 6.45) is 6.93. The molecule has 1 aliphatic rings. The largest absolute Gasteiger partial charge is 0.352 e. The maximum atomic E-state index is 12.5. The van der Waals surface area contributed by atoms with Gasteiger partial charge in [0.15, 0.2) is 5.82 Å². The van der Waals surface area contributed by atoms with Gasteiger partial charge in [0.1, 0.15) is 11.9 Å². The van der Waals surface area contributed by atoms with Gasteiger partial charge in [-0.3, -0.25) is 4.79 Å². The lowest BCUT2D eigenvalue weighted by atomic mass is 10.1. The van der Waals surface area contributed by atoms with E-state index < -0.39 is 12.1 Å². The topological polar surface area (TPSA) is 115 Å². The molecule has 0 aliphatic carbocycles. The number of thioether (sulfide) groups is 1. The smallest absolute Gasteiger partial charge is 0.312 e. The lowest BCUT2D eigenvalue weighted by Gasteiger charge is -2.17. The second-order valence-corrected chi connectivity index (χ2v) is 7.80. The molecule has 4 N–H and O–H groups in total. The quantitative estimate of drug-likeness (QED) is 0.658. The van der Waals surface area contributed by atoms with Gasteiger partial charge < -0.3 is 20.9 Å². The van der Waals surface area contributed by atoms with Crippen LogP contribution in [0.3, 0.4) is 0 Å². The van der Waals surface area contributed by atoms with Gasteiger partial charge in [-0.2, -0.15) is 11.8 Å². The van der Waals surface area contributed by atoms with Gasteiger partial charge in [0.05, 0.1) is 0 Å². The number of urea groups is 1. The molecule has 2 aromatic rings. The number of carbonyl (C=O) groups excluding carboxylic acids is 2. The number of nitrogens with two attached hydrogens (primary N) is 1. The van der Waals surface area contributed by atoms with Crippen LogP contribution in [-0.4, -0.2) is 44.8 Å². The number of carbonyl (C=O) groups is 2. The highest BCUT2D eigenvalue weighted by Crippen LogP contribution is 2.24. The summed E-state index contributed by atoms with van der Waals surface area (Å²) >= 11 is 1.61. The zero-order valence-electron chi connectivity index (χ0n) is 16.0. The van der Waals surface area contributed by atoms with Crippen molar-refractivity contribution in [2.75, 3.05) is 17.3 Å². The van der Waals surface area contributed by atoms with E-state index in [1.165, 1.54) is 6.42 Å². The zero-order chi connectivity index (χ0) is 19.9. The molecule has 0 saturated carbocycles. The number of fused-ring (bicyclic) bond motifs is 1. The molecule has 1 aromatic carbocycles. The van der Waals surface area contributed by atoms with E-state index in [9.17, 15) is 9.59 Å². The SMILES string of the molecule is CSCC[C@H](NC(N)=O)C(=O)Nc1ccc(-c2nnc3n2CCCCC3)cc1. The van der Waals surface area contributed by atoms with Crippen LogP contribution in [0.4, 0.5) is 10.5 Å². The maximum absolute atomic E-state index is 12.5. The van der Waals surface area contributed by atoms with Gasteiger partial charge in [-0.25, -0.2) is 4.79 Å². The molecule has 3 rings (SSSR count). The third-order valence-corrected chi connectivity index (χ3v) is 5.41. The fourth-order valence-electron chi connectivity index (χ4n) is 3.31. The summed E-state index contributed by atoms with van der Waals surface area (Å²) in [4.78, 5) is 23.6. The normalized spacial score (nSPS) is 14.6. The van der Waals surface area contributed by atoms with Crippen molar-refractivity contribution in [1.29, 1.82) is 0 Å². The van der Waals surface area contributed by atoms with Gasteiger partial charge in [0.25, 0.3) is 0 Å². The number of hydrogen-bond acceptors (Lipinski definition) is 5. The number of hydrogen-bond donors (Lipinski definition) is 3. The maximum Gasteiger partial charge on any atom is 0.312 e. The van der Waals surface area contributed by atoms with Crippen LogP contribution < -0.4 is 16.4 Å². The second-order valence-electron chi connectivity index (χ2n) is 6.81. The molecule has 150 valence electrons. The summed E-state index contributed by atoms with van der Waals surface area (Å²) in [6, 6.07) is 6.16. The van der Waals surface area contributed by atoms with Gasteiger partial charge in [-0.05, 0) is 55.5 Å². The molecule has 0 saturated heterocycles. The predicted molar refractivity (Wildman–Crippen MR) is 111 cm³/mol. The van der Waals surface area contributed by atoms with Crippen LogP contribution in [-0.2, 0) is 17.8 Å². The molecule has 1 aliphatic heterocycles. The van der Waals surface area contributed by atoms with Crippen molar-refractivity contribution in [1.82, 2.24) is 20.1 Å². The Morgan fingerprint density at radius 1 is 1.21 bits per heavy atom. The molecule has 1 aromatic heterocycles. The molecule has 8 nitrogen and oxygen atoms in total. The molecule has 0 unspecified atom stereocenters. The highest BCUT2D eigenvalue weighted by atomic mass is 32.2. The zero-order valence-corrected chi connectivity index (χ0v) is 16.8. The number of nitrogens with one attached hydrogen (secondary N) is 2. The Kier molecular flexibility index (Phi) is 6.91. The minimum Gasteiger partial charge on any atom is -0.352 e. The van der Waals surface area contributed by atoms with Crippen LogP contribution in [0.2, 0.25) is 0 Å². The van der Waals surface area contributed by atoms with Crippen LogP contribution in [0, 0.1) is 0 Å². The monoisotopic (exact) mass is 402 g/mol. The van der Waals surface area contributed by atoms with E-state index in [4.69, 9.17) is 5.73 Å². The number of aromatic nitrogens is 3. The number of nitrogens with zero attached hydrogens (tertiary/aromatic N) is 3. The van der Waals surface area contributed by atoms with Gasteiger partial charge in [-0.1, -0.05) is 6.42 Å². The molecule has 0 radical (unpaired) electrons. The van der Waals surface area contributed by atoms with Crippen molar-refractivity contribution >= 4 is 29.4 Å². The van der Waals surface area contributed by atoms with Gasteiger partial charge in [0.2, 0.25) is 5.91 Å². The third-order valence-electron chi connectivity index (χ3n) is 4.76. The number of amides is 3. The molecule has 0 spiro atoms. The highest BCUT2D eigenvalue weighted by molar-refractivity contribution is 7.98. The first-order valence-corrected chi connectivity index (χ1v) is 10.9. The number of primary amides is 1. The van der Waals surface area contributed by atoms with E-state index in [-0.39, 0.29) is 5.91 Å². The predicted octanol–water partition coefficient (Wildman–Crippen LogP) is 2.40. The van der Waals surface area contributed by atoms with Crippen LogP contribution in [0.5, 0.6) is 0 Å². The van der Waals surface area contributed by atoms with E-state index in [1.54, 1.807) is 11.8 Å². The summed E-state index contributed by atoms with van der Waals surface area (Å²) in [6.45, 7) is 0.937. The minimum absolute atomic E-state index is 0.281. The van der Waals surface area contributed by atoms with Gasteiger partial charge in [0, 0.05) is 24.2 Å². The van der Waals surface area contributed by atoms with Crippen LogP contribution in [0.1, 0.15) is 31.5 Å². The molecule has 0 fully saturated rings. The van der Waals surface area contributed by atoms with Gasteiger partial charge in [-0.15, -0.1) is 10.2 Å². The van der Waals surface area contributed by atoms with Crippen molar-refractivity contribution in [2.45, 2.75) is 44.7 Å². The standard InChI is InChI=1S/C19H26N6O2S/c1-28-12-10-15(22-19(20)27)18(26)21-14-8-6-13(7-9-14)17-24-23-16-5-3-2-4-11-25(16)17/h6-9,15H,2-5,10-12H2,1H3,(H,21,26)(H3,20,22,27)/t15-/m0/s1. The molecule has 3 amide bonds. The molecule has 9 heteroatoms. The van der Waals surface area contributed by atoms with Crippen molar-refractivity contribution in [3.8, 4) is 11.4 Å². The Morgan fingerprint density at radius 3 is 2.71 bits per heavy atom. The summed E-state index contributed by atoms with van der Waals surface area (Å²) < 4.78 is 2.19. The fourth-order valence-corrected chi connectivity index (χ4v) is 3.78. The van der Waals surface area contributed by atoms with E-state index in [0.717, 1.165) is 48.8 Å². The van der Waals surface area contributed by atoms with Crippen molar-refractivity contribution in [3.63, 3.8) is 0 Å². The molecule has 0 bridgehead atoms. The molecule has 28 heavy (non-hydrogen) atoms.